The summed E-state index contributed by atoms with van der Waals surface area (Å²) in [6.07, 6.45) is 1.78. The smallest absolute Gasteiger partial charge is 0.330 e. The molecular weight excluding hydrogens is 614 g/mol. The van der Waals surface area contributed by atoms with Crippen LogP contribution < -0.4 is 16.6 Å². The first-order valence-corrected chi connectivity index (χ1v) is 19.4. The molecule has 0 spiro atoms. The molecule has 47 heavy (non-hydrogen) atoms. The van der Waals surface area contributed by atoms with Crippen molar-refractivity contribution in [1.29, 1.82) is 0 Å². The Morgan fingerprint density at radius 2 is 1.81 bits per heavy atom. The number of rotatable bonds is 13. The van der Waals surface area contributed by atoms with E-state index in [0.717, 1.165) is 12.0 Å². The Labute approximate surface area is 279 Å². The zero-order chi connectivity index (χ0) is 35.0. The second-order valence-corrected chi connectivity index (χ2v) is 20.0. The van der Waals surface area contributed by atoms with Gasteiger partial charge in [-0.25, -0.2) is 4.79 Å². The summed E-state index contributed by atoms with van der Waals surface area (Å²) < 4.78 is 13.5. The van der Waals surface area contributed by atoms with Gasteiger partial charge in [0, 0.05) is 38.3 Å². The zero-order valence-electron chi connectivity index (χ0n) is 29.3. The Hall–Kier alpha value is -3.30. The maximum atomic E-state index is 12.9. The molecular formula is C36H53N3O7Si. The van der Waals surface area contributed by atoms with Crippen molar-refractivity contribution in [3.05, 3.63) is 68.5 Å². The lowest BCUT2D eigenvalue weighted by molar-refractivity contribution is -0.123. The summed E-state index contributed by atoms with van der Waals surface area (Å²) in [4.78, 5) is 53.0. The predicted molar refractivity (Wildman–Crippen MR) is 185 cm³/mol. The SMILES string of the molecule is CC(C)(C)CCC(=O)NC(CC(=O)CCCC#Cc1cn(C2CC(O)C(CO[Si](C)(C)C(C)(C)C)O2)c(=O)[nH]c1=O)c1ccccc1. The number of hydrogen-bond acceptors (Lipinski definition) is 7. The molecule has 1 fully saturated rings. The molecule has 11 heteroatoms. The van der Waals surface area contributed by atoms with Crippen LogP contribution in [0.5, 0.6) is 0 Å². The van der Waals surface area contributed by atoms with E-state index in [2.05, 4.69) is 76.8 Å². The third-order valence-corrected chi connectivity index (χ3v) is 13.4. The number of unbranched alkanes of at least 4 members (excludes halogenated alkanes) is 1. The minimum absolute atomic E-state index is 0.000634. The third-order valence-electron chi connectivity index (χ3n) is 8.95. The number of carbonyl (C=O) groups is 2. The largest absolute Gasteiger partial charge is 0.414 e. The lowest BCUT2D eigenvalue weighted by Crippen LogP contribution is -2.43. The fourth-order valence-electron chi connectivity index (χ4n) is 4.89. The van der Waals surface area contributed by atoms with E-state index in [9.17, 15) is 24.3 Å². The normalized spacial score (nSPS) is 19.1. The number of nitrogens with zero attached hydrogens (tertiary/aromatic N) is 1. The van der Waals surface area contributed by atoms with E-state index in [1.165, 1.54) is 10.8 Å². The maximum absolute atomic E-state index is 12.9. The molecule has 10 nitrogen and oxygen atoms in total. The molecule has 3 rings (SSSR count). The Morgan fingerprint density at radius 1 is 1.13 bits per heavy atom. The first kappa shape index (κ1) is 38.1. The van der Waals surface area contributed by atoms with Crippen molar-refractivity contribution in [2.45, 2.75) is 129 Å². The van der Waals surface area contributed by atoms with Crippen LogP contribution in [-0.2, 0) is 18.8 Å². The van der Waals surface area contributed by atoms with Crippen molar-refractivity contribution >= 4 is 20.0 Å². The summed E-state index contributed by atoms with van der Waals surface area (Å²) in [5.41, 5.74) is -0.245. The van der Waals surface area contributed by atoms with Crippen molar-refractivity contribution in [2.24, 2.45) is 5.41 Å². The van der Waals surface area contributed by atoms with E-state index >= 15 is 0 Å². The summed E-state index contributed by atoms with van der Waals surface area (Å²) in [5.74, 6) is 5.69. The van der Waals surface area contributed by atoms with Crippen LogP contribution in [0.3, 0.4) is 0 Å². The van der Waals surface area contributed by atoms with Crippen LogP contribution in [0.1, 0.15) is 110 Å². The number of nitrogens with one attached hydrogen (secondary N) is 2. The summed E-state index contributed by atoms with van der Waals surface area (Å²) in [7, 11) is -2.06. The molecule has 0 saturated carbocycles. The molecule has 4 unspecified atom stereocenters. The van der Waals surface area contributed by atoms with Crippen LogP contribution in [0.2, 0.25) is 18.1 Å². The third kappa shape index (κ3) is 11.7. The van der Waals surface area contributed by atoms with Gasteiger partial charge in [0.25, 0.3) is 5.56 Å². The predicted octanol–water partition coefficient (Wildman–Crippen LogP) is 5.37. The molecule has 1 aliphatic rings. The van der Waals surface area contributed by atoms with Crippen molar-refractivity contribution in [3.63, 3.8) is 0 Å². The number of amides is 1. The van der Waals surface area contributed by atoms with Gasteiger partial charge in [0.2, 0.25) is 5.91 Å². The number of ketones is 1. The summed E-state index contributed by atoms with van der Waals surface area (Å²) in [6.45, 7) is 17.1. The van der Waals surface area contributed by atoms with Crippen molar-refractivity contribution in [1.82, 2.24) is 14.9 Å². The van der Waals surface area contributed by atoms with E-state index in [4.69, 9.17) is 9.16 Å². The second-order valence-electron chi connectivity index (χ2n) is 15.2. The number of hydrogen-bond donors (Lipinski definition) is 3. The molecule has 1 aromatic carbocycles. The molecule has 4 atom stereocenters. The summed E-state index contributed by atoms with van der Waals surface area (Å²) >= 11 is 0. The van der Waals surface area contributed by atoms with Crippen molar-refractivity contribution < 1.29 is 23.9 Å². The van der Waals surface area contributed by atoms with Crippen LogP contribution in [-0.4, -0.2) is 53.5 Å². The number of aromatic amines is 1. The van der Waals surface area contributed by atoms with Gasteiger partial charge >= 0.3 is 5.69 Å². The van der Waals surface area contributed by atoms with E-state index in [1.54, 1.807) is 0 Å². The molecule has 258 valence electrons. The van der Waals surface area contributed by atoms with Crippen molar-refractivity contribution in [2.75, 3.05) is 6.61 Å². The number of ether oxygens (including phenoxy) is 1. The summed E-state index contributed by atoms with van der Waals surface area (Å²) in [6, 6.07) is 9.08. The van der Waals surface area contributed by atoms with Crippen LogP contribution >= 0.6 is 0 Å². The summed E-state index contributed by atoms with van der Waals surface area (Å²) in [5, 5.41) is 13.7. The lowest BCUT2D eigenvalue weighted by atomic mass is 9.90. The first-order valence-electron chi connectivity index (χ1n) is 16.5. The highest BCUT2D eigenvalue weighted by molar-refractivity contribution is 6.74. The maximum Gasteiger partial charge on any atom is 0.330 e. The van der Waals surface area contributed by atoms with Gasteiger partial charge in [-0.1, -0.05) is 83.7 Å². The number of carbonyl (C=O) groups excluding carboxylic acids is 2. The number of aliphatic hydroxyl groups excluding tert-OH is 1. The highest BCUT2D eigenvalue weighted by Gasteiger charge is 2.41. The van der Waals surface area contributed by atoms with E-state index in [1.807, 2.05) is 30.3 Å². The van der Waals surface area contributed by atoms with E-state index < -0.39 is 44.0 Å². The number of benzene rings is 1. The van der Waals surface area contributed by atoms with Crippen LogP contribution in [0.4, 0.5) is 0 Å². The molecule has 2 aromatic rings. The van der Waals surface area contributed by atoms with Gasteiger partial charge in [-0.2, -0.15) is 0 Å². The second kappa shape index (κ2) is 16.2. The average molecular weight is 668 g/mol. The lowest BCUT2D eigenvalue weighted by Gasteiger charge is -2.37. The molecule has 1 saturated heterocycles. The van der Waals surface area contributed by atoms with Crippen LogP contribution in [0.25, 0.3) is 0 Å². The van der Waals surface area contributed by atoms with Gasteiger partial charge in [-0.05, 0) is 42.0 Å². The van der Waals surface area contributed by atoms with Gasteiger partial charge in [-0.3, -0.25) is 23.9 Å². The van der Waals surface area contributed by atoms with Gasteiger partial charge in [0.1, 0.15) is 23.7 Å². The molecule has 0 radical (unpaired) electrons. The topological polar surface area (TPSA) is 140 Å². The fraction of sp³-hybridized carbons (Fsp3) is 0.611. The Morgan fingerprint density at radius 3 is 2.45 bits per heavy atom. The number of aliphatic hydroxyl groups is 1. The number of H-pyrrole nitrogens is 1. The molecule has 1 aromatic heterocycles. The monoisotopic (exact) mass is 667 g/mol. The zero-order valence-corrected chi connectivity index (χ0v) is 30.3. The fourth-order valence-corrected chi connectivity index (χ4v) is 5.90. The van der Waals surface area contributed by atoms with Crippen LogP contribution in [0, 0.1) is 17.3 Å². The number of Topliss-reactive ketones (excluding diaryl/α,β-unsaturated/α-hetero) is 1. The van der Waals surface area contributed by atoms with Gasteiger partial charge in [0.15, 0.2) is 8.32 Å². The van der Waals surface area contributed by atoms with Crippen LogP contribution in [0.15, 0.2) is 46.1 Å². The Balaban J connectivity index is 1.57. The van der Waals surface area contributed by atoms with Gasteiger partial charge in [0.05, 0.1) is 18.8 Å². The molecule has 0 aliphatic carbocycles. The van der Waals surface area contributed by atoms with E-state index in [-0.39, 0.29) is 53.6 Å². The first-order chi connectivity index (χ1) is 21.9. The van der Waals surface area contributed by atoms with Crippen molar-refractivity contribution in [3.8, 4) is 11.8 Å². The Bertz CT molecular complexity index is 1540. The molecule has 3 N–H and O–H groups in total. The van der Waals surface area contributed by atoms with E-state index in [0.29, 0.717) is 19.3 Å². The molecule has 0 bridgehead atoms. The molecule has 1 amide bonds. The Kier molecular flexibility index (Phi) is 13.1. The standard InChI is InChI=1S/C36H53N3O7Si/c1-35(2,3)20-19-31(42)37-28(25-15-11-9-12-16-25)21-27(40)18-14-10-13-17-26-23-39(34(44)38-33(26)43)32-22-29(41)30(46-32)24-45-47(7,8)36(4,5)6/h9,11-12,15-16,23,28-30,32,41H,10,14,18-22,24H2,1-8H3,(H,37,42)(H,38,43,44). The van der Waals surface area contributed by atoms with Gasteiger partial charge in [-0.15, -0.1) is 0 Å². The minimum Gasteiger partial charge on any atom is -0.414 e. The minimum atomic E-state index is -2.06. The average Bonchev–Trinajstić information content (AvgIpc) is 3.35. The van der Waals surface area contributed by atoms with Gasteiger partial charge < -0.3 is 19.6 Å². The highest BCUT2D eigenvalue weighted by Crippen LogP contribution is 2.37. The molecule has 1 aliphatic heterocycles. The quantitative estimate of drug-likeness (QED) is 0.148. The number of aromatic nitrogens is 2. The highest BCUT2D eigenvalue weighted by atomic mass is 28.4. The molecule has 2 heterocycles.